The molecular weight excluding hydrogens is 258 g/mol. The molecule has 0 radical (unpaired) electrons. The van der Waals surface area contributed by atoms with Crippen molar-refractivity contribution in [1.82, 2.24) is 24.8 Å². The summed E-state index contributed by atoms with van der Waals surface area (Å²) < 4.78 is 8.14. The summed E-state index contributed by atoms with van der Waals surface area (Å²) >= 11 is 0. The van der Waals surface area contributed by atoms with E-state index in [0.717, 1.165) is 18.5 Å². The van der Waals surface area contributed by atoms with Crippen molar-refractivity contribution in [2.75, 3.05) is 7.11 Å². The first kappa shape index (κ1) is 14.2. The van der Waals surface area contributed by atoms with Crippen molar-refractivity contribution in [2.24, 2.45) is 0 Å². The highest BCUT2D eigenvalue weighted by molar-refractivity contribution is 5.86. The molecule has 2 heterocycles. The van der Waals surface area contributed by atoms with Crippen LogP contribution in [0.3, 0.4) is 0 Å². The fourth-order valence-corrected chi connectivity index (χ4v) is 2.07. The molecule has 108 valence electrons. The van der Waals surface area contributed by atoms with E-state index in [1.807, 2.05) is 16.9 Å². The summed E-state index contributed by atoms with van der Waals surface area (Å²) in [5.74, 6) is -0.487. The lowest BCUT2D eigenvalue weighted by Gasteiger charge is -2.12. The Kier molecular flexibility index (Phi) is 4.49. The van der Waals surface area contributed by atoms with Crippen molar-refractivity contribution in [1.29, 1.82) is 0 Å². The van der Waals surface area contributed by atoms with Gasteiger partial charge in [0.2, 0.25) is 0 Å². The monoisotopic (exact) mass is 277 g/mol. The molecular formula is C13H19N5O2. The number of rotatable bonds is 6. The Hall–Kier alpha value is -2.18. The van der Waals surface area contributed by atoms with Crippen molar-refractivity contribution >= 4 is 5.97 Å². The Morgan fingerprint density at radius 3 is 2.80 bits per heavy atom. The Balaban J connectivity index is 2.07. The molecule has 0 unspecified atom stereocenters. The summed E-state index contributed by atoms with van der Waals surface area (Å²) in [4.78, 5) is 11.3. The second-order valence-electron chi connectivity index (χ2n) is 4.55. The first-order chi connectivity index (χ1) is 9.67. The summed E-state index contributed by atoms with van der Waals surface area (Å²) in [6, 6.07) is 2.38. The number of carbonyl (C=O) groups is 1. The van der Waals surface area contributed by atoms with E-state index < -0.39 is 5.97 Å². The number of nitrogens with zero attached hydrogens (tertiary/aromatic N) is 5. The molecule has 0 atom stereocenters. The number of esters is 1. The van der Waals surface area contributed by atoms with Crippen LogP contribution in [0.15, 0.2) is 18.5 Å². The number of hydrogen-bond acceptors (Lipinski definition) is 5. The lowest BCUT2D eigenvalue weighted by Crippen LogP contribution is -2.09. The van der Waals surface area contributed by atoms with Gasteiger partial charge in [-0.1, -0.05) is 19.1 Å². The molecule has 20 heavy (non-hydrogen) atoms. The van der Waals surface area contributed by atoms with Crippen LogP contribution in [0.4, 0.5) is 0 Å². The number of carbonyl (C=O) groups excluding carboxylic acids is 1. The molecule has 2 aromatic heterocycles. The maximum atomic E-state index is 11.3. The molecule has 0 N–H and O–H groups in total. The molecule has 0 aromatic carbocycles. The van der Waals surface area contributed by atoms with Crippen molar-refractivity contribution < 1.29 is 9.53 Å². The van der Waals surface area contributed by atoms with Crippen molar-refractivity contribution in [3.8, 4) is 0 Å². The fraction of sp³-hybridized carbons (Fsp3) is 0.538. The summed E-state index contributed by atoms with van der Waals surface area (Å²) in [7, 11) is 1.32. The molecule has 0 aliphatic heterocycles. The van der Waals surface area contributed by atoms with Gasteiger partial charge in [-0.25, -0.2) is 9.48 Å². The average molecular weight is 277 g/mol. The van der Waals surface area contributed by atoms with Crippen LogP contribution in [0.5, 0.6) is 0 Å². The van der Waals surface area contributed by atoms with E-state index in [9.17, 15) is 4.79 Å². The minimum atomic E-state index is -0.487. The van der Waals surface area contributed by atoms with E-state index >= 15 is 0 Å². The molecule has 0 saturated heterocycles. The molecule has 2 rings (SSSR count). The zero-order valence-corrected chi connectivity index (χ0v) is 12.0. The van der Waals surface area contributed by atoms with Gasteiger partial charge in [0.05, 0.1) is 31.6 Å². The van der Waals surface area contributed by atoms with Gasteiger partial charge in [-0.3, -0.25) is 4.68 Å². The van der Waals surface area contributed by atoms with Crippen LogP contribution in [0.25, 0.3) is 0 Å². The summed E-state index contributed by atoms with van der Waals surface area (Å²) in [5.41, 5.74) is 1.09. The van der Waals surface area contributed by atoms with E-state index in [1.54, 1.807) is 10.9 Å². The molecule has 7 nitrogen and oxygen atoms in total. The Morgan fingerprint density at radius 2 is 2.15 bits per heavy atom. The van der Waals surface area contributed by atoms with E-state index in [1.165, 1.54) is 7.11 Å². The molecule has 2 aromatic rings. The largest absolute Gasteiger partial charge is 0.464 e. The number of ether oxygens (including phenoxy) is 1. The van der Waals surface area contributed by atoms with Crippen LogP contribution >= 0.6 is 0 Å². The van der Waals surface area contributed by atoms with Gasteiger partial charge >= 0.3 is 5.97 Å². The molecule has 0 saturated carbocycles. The number of hydrogen-bond donors (Lipinski definition) is 0. The van der Waals surface area contributed by atoms with Crippen molar-refractivity contribution in [3.05, 3.63) is 29.8 Å². The van der Waals surface area contributed by atoms with Gasteiger partial charge in [-0.15, -0.1) is 5.10 Å². The first-order valence-electron chi connectivity index (χ1n) is 6.70. The SMILES string of the molecule is CCC(CC)n1ccc(Cn2cc(C(=O)OC)nn2)n1. The molecule has 0 aliphatic carbocycles. The predicted molar refractivity (Wildman–Crippen MR) is 72.3 cm³/mol. The van der Waals surface area contributed by atoms with Gasteiger partial charge in [0.15, 0.2) is 5.69 Å². The summed E-state index contributed by atoms with van der Waals surface area (Å²) in [6.45, 7) is 4.78. The van der Waals surface area contributed by atoms with Crippen LogP contribution in [0.1, 0.15) is 48.9 Å². The third kappa shape index (κ3) is 3.04. The zero-order valence-electron chi connectivity index (χ0n) is 12.0. The van der Waals surface area contributed by atoms with Gasteiger partial charge in [-0.2, -0.15) is 5.10 Å². The normalized spacial score (nSPS) is 11.0. The maximum Gasteiger partial charge on any atom is 0.360 e. The highest BCUT2D eigenvalue weighted by Gasteiger charge is 2.12. The lowest BCUT2D eigenvalue weighted by molar-refractivity contribution is 0.0594. The van der Waals surface area contributed by atoms with E-state index in [-0.39, 0.29) is 5.69 Å². The van der Waals surface area contributed by atoms with E-state index in [4.69, 9.17) is 0 Å². The van der Waals surface area contributed by atoms with Gasteiger partial charge < -0.3 is 4.74 Å². The predicted octanol–water partition coefficient (Wildman–Crippen LogP) is 1.67. The van der Waals surface area contributed by atoms with Crippen LogP contribution in [0.2, 0.25) is 0 Å². The summed E-state index contributed by atoms with van der Waals surface area (Å²) in [5, 5.41) is 12.2. The standard InChI is InChI=1S/C13H19N5O2/c1-4-11(5-2)18-7-6-10(15-18)8-17-9-12(14-16-17)13(19)20-3/h6-7,9,11H,4-5,8H2,1-3H3. The number of aromatic nitrogens is 5. The second kappa shape index (κ2) is 6.31. The maximum absolute atomic E-state index is 11.3. The minimum Gasteiger partial charge on any atom is -0.464 e. The van der Waals surface area contributed by atoms with Gasteiger partial charge in [0, 0.05) is 6.20 Å². The average Bonchev–Trinajstić information content (AvgIpc) is 3.10. The molecule has 0 aliphatic rings. The number of methoxy groups -OCH3 is 1. The highest BCUT2D eigenvalue weighted by Crippen LogP contribution is 2.14. The first-order valence-corrected chi connectivity index (χ1v) is 6.70. The topological polar surface area (TPSA) is 74.8 Å². The second-order valence-corrected chi connectivity index (χ2v) is 4.55. The molecule has 7 heteroatoms. The Bertz CT molecular complexity index is 571. The van der Waals surface area contributed by atoms with Crippen molar-refractivity contribution in [2.45, 2.75) is 39.3 Å². The third-order valence-electron chi connectivity index (χ3n) is 3.24. The van der Waals surface area contributed by atoms with Crippen LogP contribution in [0, 0.1) is 0 Å². The van der Waals surface area contributed by atoms with E-state index in [0.29, 0.717) is 12.6 Å². The van der Waals surface area contributed by atoms with E-state index in [2.05, 4.69) is 34.0 Å². The van der Waals surface area contributed by atoms with Crippen LogP contribution in [-0.2, 0) is 11.3 Å². The third-order valence-corrected chi connectivity index (χ3v) is 3.24. The highest BCUT2D eigenvalue weighted by atomic mass is 16.5. The van der Waals surface area contributed by atoms with Crippen molar-refractivity contribution in [3.63, 3.8) is 0 Å². The fourth-order valence-electron chi connectivity index (χ4n) is 2.07. The lowest BCUT2D eigenvalue weighted by atomic mass is 10.2. The van der Waals surface area contributed by atoms with Crippen LogP contribution in [-0.4, -0.2) is 37.9 Å². The molecule has 0 spiro atoms. The quantitative estimate of drug-likeness (QED) is 0.751. The Morgan fingerprint density at radius 1 is 1.40 bits per heavy atom. The molecule has 0 amide bonds. The van der Waals surface area contributed by atoms with Crippen LogP contribution < -0.4 is 0 Å². The van der Waals surface area contributed by atoms with Gasteiger partial charge in [0.25, 0.3) is 0 Å². The summed E-state index contributed by atoms with van der Waals surface area (Å²) in [6.07, 6.45) is 5.63. The van der Waals surface area contributed by atoms with Gasteiger partial charge in [0.1, 0.15) is 0 Å². The van der Waals surface area contributed by atoms with Gasteiger partial charge in [-0.05, 0) is 18.9 Å². The molecule has 0 bridgehead atoms. The molecule has 0 fully saturated rings. The zero-order chi connectivity index (χ0) is 14.5. The minimum absolute atomic E-state index is 0.201. The smallest absolute Gasteiger partial charge is 0.360 e. The Labute approximate surface area is 117 Å².